The zero-order valence-corrected chi connectivity index (χ0v) is 13.4. The molecule has 0 aromatic heterocycles. The monoisotopic (exact) mass is 341 g/mol. The van der Waals surface area contributed by atoms with Gasteiger partial charge < -0.3 is 15.5 Å². The number of rotatable bonds is 5. The van der Waals surface area contributed by atoms with Gasteiger partial charge in [0.1, 0.15) is 0 Å². The Morgan fingerprint density at radius 3 is 2.58 bits per heavy atom. The van der Waals surface area contributed by atoms with Crippen LogP contribution in [-0.4, -0.2) is 36.2 Å². The van der Waals surface area contributed by atoms with Crippen LogP contribution in [0.4, 0.5) is 5.69 Å². The molecule has 19 heavy (non-hydrogen) atoms. The van der Waals surface area contributed by atoms with E-state index in [4.69, 9.17) is 12.2 Å². The van der Waals surface area contributed by atoms with Crippen LogP contribution in [-0.2, 0) is 0 Å². The summed E-state index contributed by atoms with van der Waals surface area (Å²) < 4.78 is 1.07. The topological polar surface area (TPSA) is 27.3 Å². The molecule has 5 heteroatoms. The standard InChI is InChI=1S/C14H20BrN3S/c15-12-4-6-13(7-5-12)17-14(19)16-8-3-11-18-9-1-2-10-18/h4-7H,1-3,8-11H2,(H2,16,17,19). The minimum atomic E-state index is 0.698. The van der Waals surface area contributed by atoms with Crippen molar-refractivity contribution in [2.75, 3.05) is 31.5 Å². The van der Waals surface area contributed by atoms with E-state index >= 15 is 0 Å². The summed E-state index contributed by atoms with van der Waals surface area (Å²) in [6.45, 7) is 4.63. The highest BCUT2D eigenvalue weighted by Gasteiger charge is 2.10. The molecule has 1 aliphatic heterocycles. The second kappa shape index (κ2) is 7.82. The fourth-order valence-electron chi connectivity index (χ4n) is 2.22. The number of nitrogens with one attached hydrogen (secondary N) is 2. The molecule has 1 fully saturated rings. The van der Waals surface area contributed by atoms with Gasteiger partial charge in [-0.05, 0) is 75.4 Å². The molecule has 3 nitrogen and oxygen atoms in total. The van der Waals surface area contributed by atoms with Gasteiger partial charge in [-0.1, -0.05) is 15.9 Å². The van der Waals surface area contributed by atoms with E-state index in [1.165, 1.54) is 32.5 Å². The molecule has 0 spiro atoms. The van der Waals surface area contributed by atoms with Crippen molar-refractivity contribution >= 4 is 38.9 Å². The first kappa shape index (κ1) is 14.8. The van der Waals surface area contributed by atoms with Crippen molar-refractivity contribution in [1.82, 2.24) is 10.2 Å². The SMILES string of the molecule is S=C(NCCCN1CCCC1)Nc1ccc(Br)cc1. The van der Waals surface area contributed by atoms with Crippen molar-refractivity contribution < 1.29 is 0 Å². The van der Waals surface area contributed by atoms with Crippen LogP contribution in [0.2, 0.25) is 0 Å². The number of hydrogen-bond donors (Lipinski definition) is 2. The molecule has 0 atom stereocenters. The Kier molecular flexibility index (Phi) is 6.07. The zero-order valence-electron chi connectivity index (χ0n) is 11.0. The van der Waals surface area contributed by atoms with Crippen LogP contribution in [0.15, 0.2) is 28.7 Å². The highest BCUT2D eigenvalue weighted by Crippen LogP contribution is 2.13. The van der Waals surface area contributed by atoms with Crippen LogP contribution in [0.3, 0.4) is 0 Å². The molecular formula is C14H20BrN3S. The first-order valence-corrected chi connectivity index (χ1v) is 7.97. The minimum absolute atomic E-state index is 0.698. The summed E-state index contributed by atoms with van der Waals surface area (Å²) in [5, 5.41) is 7.13. The molecule has 2 N–H and O–H groups in total. The molecule has 1 aromatic carbocycles. The third kappa shape index (κ3) is 5.47. The lowest BCUT2D eigenvalue weighted by molar-refractivity contribution is 0.334. The highest BCUT2D eigenvalue weighted by atomic mass is 79.9. The van der Waals surface area contributed by atoms with Gasteiger partial charge >= 0.3 is 0 Å². The van der Waals surface area contributed by atoms with Crippen LogP contribution in [0, 0.1) is 0 Å². The van der Waals surface area contributed by atoms with Crippen LogP contribution in [0.5, 0.6) is 0 Å². The summed E-state index contributed by atoms with van der Waals surface area (Å²) >= 11 is 8.68. The Bertz CT molecular complexity index is 402. The van der Waals surface area contributed by atoms with E-state index in [0.717, 1.165) is 23.1 Å². The number of likely N-dealkylation sites (tertiary alicyclic amines) is 1. The first-order valence-electron chi connectivity index (χ1n) is 6.77. The molecule has 0 aliphatic carbocycles. The van der Waals surface area contributed by atoms with Crippen molar-refractivity contribution in [2.24, 2.45) is 0 Å². The van der Waals surface area contributed by atoms with Gasteiger partial charge in [-0.2, -0.15) is 0 Å². The number of halogens is 1. The van der Waals surface area contributed by atoms with E-state index in [9.17, 15) is 0 Å². The largest absolute Gasteiger partial charge is 0.362 e. The maximum Gasteiger partial charge on any atom is 0.170 e. The normalized spacial score (nSPS) is 15.4. The van der Waals surface area contributed by atoms with Gasteiger partial charge in [0, 0.05) is 16.7 Å². The van der Waals surface area contributed by atoms with E-state index in [2.05, 4.69) is 31.5 Å². The zero-order chi connectivity index (χ0) is 13.5. The smallest absolute Gasteiger partial charge is 0.170 e. The molecule has 0 unspecified atom stereocenters. The molecule has 2 rings (SSSR count). The molecule has 1 heterocycles. The average Bonchev–Trinajstić information content (AvgIpc) is 2.91. The Morgan fingerprint density at radius 1 is 1.21 bits per heavy atom. The number of hydrogen-bond acceptors (Lipinski definition) is 2. The maximum atomic E-state index is 5.27. The average molecular weight is 342 g/mol. The van der Waals surface area contributed by atoms with Crippen molar-refractivity contribution in [2.45, 2.75) is 19.3 Å². The Labute approximate surface area is 128 Å². The summed E-state index contributed by atoms with van der Waals surface area (Å²) in [6.07, 6.45) is 3.86. The molecule has 1 aliphatic rings. The lowest BCUT2D eigenvalue weighted by atomic mass is 10.3. The molecule has 1 aromatic rings. The fourth-order valence-corrected chi connectivity index (χ4v) is 2.70. The lowest BCUT2D eigenvalue weighted by Crippen LogP contribution is -2.31. The van der Waals surface area contributed by atoms with Gasteiger partial charge in [-0.15, -0.1) is 0 Å². The van der Waals surface area contributed by atoms with Crippen LogP contribution in [0.25, 0.3) is 0 Å². The van der Waals surface area contributed by atoms with Gasteiger partial charge in [0.2, 0.25) is 0 Å². The number of benzene rings is 1. The van der Waals surface area contributed by atoms with Crippen molar-refractivity contribution in [3.8, 4) is 0 Å². The number of anilines is 1. The van der Waals surface area contributed by atoms with E-state index in [1.54, 1.807) is 0 Å². The maximum absolute atomic E-state index is 5.27. The number of thiocarbonyl (C=S) groups is 1. The minimum Gasteiger partial charge on any atom is -0.362 e. The second-order valence-corrected chi connectivity index (χ2v) is 6.11. The summed E-state index contributed by atoms with van der Waals surface area (Å²) in [6, 6.07) is 8.00. The summed E-state index contributed by atoms with van der Waals surface area (Å²) in [5.41, 5.74) is 1.01. The Hall–Kier alpha value is -0.650. The molecule has 1 saturated heterocycles. The molecule has 0 amide bonds. The highest BCUT2D eigenvalue weighted by molar-refractivity contribution is 9.10. The molecule has 0 saturated carbocycles. The van der Waals surface area contributed by atoms with Gasteiger partial charge in [0.05, 0.1) is 0 Å². The van der Waals surface area contributed by atoms with E-state index in [1.807, 2.05) is 24.3 Å². The fraction of sp³-hybridized carbons (Fsp3) is 0.500. The lowest BCUT2D eigenvalue weighted by Gasteiger charge is -2.15. The van der Waals surface area contributed by atoms with E-state index in [-0.39, 0.29) is 0 Å². The summed E-state index contributed by atoms with van der Waals surface area (Å²) in [7, 11) is 0. The van der Waals surface area contributed by atoms with Crippen molar-refractivity contribution in [3.63, 3.8) is 0 Å². The predicted molar refractivity (Wildman–Crippen MR) is 88.7 cm³/mol. The van der Waals surface area contributed by atoms with Gasteiger partial charge in [0.15, 0.2) is 5.11 Å². The van der Waals surface area contributed by atoms with Crippen molar-refractivity contribution in [1.29, 1.82) is 0 Å². The van der Waals surface area contributed by atoms with Crippen LogP contribution < -0.4 is 10.6 Å². The molecular weight excluding hydrogens is 322 g/mol. The first-order chi connectivity index (χ1) is 9.24. The van der Waals surface area contributed by atoms with Crippen molar-refractivity contribution in [3.05, 3.63) is 28.7 Å². The molecule has 104 valence electrons. The van der Waals surface area contributed by atoms with Crippen LogP contribution in [0.1, 0.15) is 19.3 Å². The molecule has 0 bridgehead atoms. The Balaban J connectivity index is 1.60. The van der Waals surface area contributed by atoms with E-state index < -0.39 is 0 Å². The summed E-state index contributed by atoms with van der Waals surface area (Å²) in [5.74, 6) is 0. The number of nitrogens with zero attached hydrogens (tertiary/aromatic N) is 1. The second-order valence-electron chi connectivity index (χ2n) is 4.79. The Morgan fingerprint density at radius 2 is 1.89 bits per heavy atom. The van der Waals surface area contributed by atoms with Gasteiger partial charge in [0.25, 0.3) is 0 Å². The third-order valence-corrected chi connectivity index (χ3v) is 4.01. The quantitative estimate of drug-likeness (QED) is 0.635. The predicted octanol–water partition coefficient (Wildman–Crippen LogP) is 3.22. The molecule has 0 radical (unpaired) electrons. The third-order valence-electron chi connectivity index (χ3n) is 3.24. The van der Waals surface area contributed by atoms with Crippen LogP contribution >= 0.6 is 28.1 Å². The van der Waals surface area contributed by atoms with Gasteiger partial charge in [-0.25, -0.2) is 0 Å². The van der Waals surface area contributed by atoms with E-state index in [0.29, 0.717) is 5.11 Å². The van der Waals surface area contributed by atoms with Gasteiger partial charge in [-0.3, -0.25) is 0 Å². The summed E-state index contributed by atoms with van der Waals surface area (Å²) in [4.78, 5) is 2.52.